The summed E-state index contributed by atoms with van der Waals surface area (Å²) >= 11 is 0. The Hall–Kier alpha value is -1.80. The summed E-state index contributed by atoms with van der Waals surface area (Å²) in [5, 5.41) is 3.33. The van der Waals surface area contributed by atoms with Crippen LogP contribution in [0.5, 0.6) is 5.75 Å². The average molecular weight is 255 g/mol. The maximum absolute atomic E-state index is 5.26. The van der Waals surface area contributed by atoms with E-state index in [-0.39, 0.29) is 0 Å². The van der Waals surface area contributed by atoms with Gasteiger partial charge in [0, 0.05) is 6.04 Å². The van der Waals surface area contributed by atoms with Gasteiger partial charge >= 0.3 is 0 Å². The summed E-state index contributed by atoms with van der Waals surface area (Å²) in [5.74, 6) is 0.892. The second-order valence-electron chi connectivity index (χ2n) is 4.60. The SMILES string of the molecule is CCC(NC)c1ccc(-c2cccc(OC)c2)cc1. The van der Waals surface area contributed by atoms with Crippen molar-refractivity contribution >= 4 is 0 Å². The molecule has 2 nitrogen and oxygen atoms in total. The normalized spacial score (nSPS) is 12.2. The summed E-state index contributed by atoms with van der Waals surface area (Å²) in [6, 6.07) is 17.3. The van der Waals surface area contributed by atoms with Crippen molar-refractivity contribution in [3.8, 4) is 16.9 Å². The van der Waals surface area contributed by atoms with E-state index in [2.05, 4.69) is 48.6 Å². The van der Waals surface area contributed by atoms with Gasteiger partial charge in [-0.1, -0.05) is 43.3 Å². The summed E-state index contributed by atoms with van der Waals surface area (Å²) in [4.78, 5) is 0. The van der Waals surface area contributed by atoms with Crippen molar-refractivity contribution in [1.82, 2.24) is 5.32 Å². The van der Waals surface area contributed by atoms with Gasteiger partial charge in [-0.25, -0.2) is 0 Å². The summed E-state index contributed by atoms with van der Waals surface area (Å²) < 4.78 is 5.26. The molecule has 0 radical (unpaired) electrons. The van der Waals surface area contributed by atoms with Crippen molar-refractivity contribution in [2.75, 3.05) is 14.2 Å². The monoisotopic (exact) mass is 255 g/mol. The Bertz CT molecular complexity index is 515. The fourth-order valence-electron chi connectivity index (χ4n) is 2.32. The van der Waals surface area contributed by atoms with Crippen LogP contribution in [0.1, 0.15) is 24.9 Å². The van der Waals surface area contributed by atoms with Crippen molar-refractivity contribution in [3.05, 3.63) is 54.1 Å². The Balaban J connectivity index is 2.26. The van der Waals surface area contributed by atoms with Gasteiger partial charge in [-0.15, -0.1) is 0 Å². The predicted octanol–water partition coefficient (Wildman–Crippen LogP) is 4.03. The number of nitrogens with one attached hydrogen (secondary N) is 1. The topological polar surface area (TPSA) is 21.3 Å². The zero-order valence-electron chi connectivity index (χ0n) is 11.8. The van der Waals surface area contributed by atoms with Gasteiger partial charge in [-0.3, -0.25) is 0 Å². The molecule has 0 heterocycles. The van der Waals surface area contributed by atoms with E-state index in [0.717, 1.165) is 12.2 Å². The molecule has 100 valence electrons. The molecule has 19 heavy (non-hydrogen) atoms. The summed E-state index contributed by atoms with van der Waals surface area (Å²) in [7, 11) is 3.70. The molecule has 0 saturated carbocycles. The number of hydrogen-bond donors (Lipinski definition) is 1. The third-order valence-corrected chi connectivity index (χ3v) is 3.47. The third-order valence-electron chi connectivity index (χ3n) is 3.47. The smallest absolute Gasteiger partial charge is 0.119 e. The van der Waals surface area contributed by atoms with Crippen LogP contribution in [-0.4, -0.2) is 14.2 Å². The van der Waals surface area contributed by atoms with Crippen LogP contribution >= 0.6 is 0 Å². The minimum atomic E-state index is 0.430. The van der Waals surface area contributed by atoms with Crippen molar-refractivity contribution < 1.29 is 4.74 Å². The average Bonchev–Trinajstić information content (AvgIpc) is 2.49. The van der Waals surface area contributed by atoms with Gasteiger partial charge in [-0.05, 0) is 42.3 Å². The lowest BCUT2D eigenvalue weighted by atomic mass is 9.99. The van der Waals surface area contributed by atoms with Gasteiger partial charge in [0.05, 0.1) is 7.11 Å². The molecular formula is C17H21NO. The van der Waals surface area contributed by atoms with Crippen LogP contribution in [0.3, 0.4) is 0 Å². The van der Waals surface area contributed by atoms with Crippen LogP contribution in [0.25, 0.3) is 11.1 Å². The maximum Gasteiger partial charge on any atom is 0.119 e. The summed E-state index contributed by atoms with van der Waals surface area (Å²) in [5.41, 5.74) is 3.73. The highest BCUT2D eigenvalue weighted by Crippen LogP contribution is 2.25. The van der Waals surface area contributed by atoms with E-state index in [9.17, 15) is 0 Å². The van der Waals surface area contributed by atoms with Crippen LogP contribution < -0.4 is 10.1 Å². The highest BCUT2D eigenvalue weighted by atomic mass is 16.5. The van der Waals surface area contributed by atoms with Crippen molar-refractivity contribution in [2.45, 2.75) is 19.4 Å². The van der Waals surface area contributed by atoms with E-state index in [4.69, 9.17) is 4.74 Å². The molecule has 0 aliphatic carbocycles. The second kappa shape index (κ2) is 6.39. The molecule has 2 aromatic carbocycles. The molecule has 1 unspecified atom stereocenters. The van der Waals surface area contributed by atoms with E-state index in [0.29, 0.717) is 6.04 Å². The van der Waals surface area contributed by atoms with E-state index in [1.807, 2.05) is 19.2 Å². The van der Waals surface area contributed by atoms with Crippen LogP contribution in [0.15, 0.2) is 48.5 Å². The summed E-state index contributed by atoms with van der Waals surface area (Å²) in [6.07, 6.45) is 1.09. The number of hydrogen-bond acceptors (Lipinski definition) is 2. The zero-order valence-corrected chi connectivity index (χ0v) is 11.8. The summed E-state index contributed by atoms with van der Waals surface area (Å²) in [6.45, 7) is 2.19. The molecule has 2 heteroatoms. The van der Waals surface area contributed by atoms with Gasteiger partial charge in [0.2, 0.25) is 0 Å². The molecule has 2 aromatic rings. The fraction of sp³-hybridized carbons (Fsp3) is 0.294. The number of benzene rings is 2. The zero-order chi connectivity index (χ0) is 13.7. The Morgan fingerprint density at radius 1 is 1.05 bits per heavy atom. The fourth-order valence-corrected chi connectivity index (χ4v) is 2.32. The minimum Gasteiger partial charge on any atom is -0.497 e. The number of rotatable bonds is 5. The molecular weight excluding hydrogens is 234 g/mol. The molecule has 0 saturated heterocycles. The minimum absolute atomic E-state index is 0.430. The molecule has 0 aromatic heterocycles. The standard InChI is InChI=1S/C17H21NO/c1-4-17(18-2)14-10-8-13(9-11-14)15-6-5-7-16(12-15)19-3/h5-12,17-18H,4H2,1-3H3. The van der Waals surface area contributed by atoms with Crippen LogP contribution in [-0.2, 0) is 0 Å². The number of ether oxygens (including phenoxy) is 1. The van der Waals surface area contributed by atoms with Gasteiger partial charge in [-0.2, -0.15) is 0 Å². The van der Waals surface area contributed by atoms with E-state index >= 15 is 0 Å². The Labute approximate surface area is 115 Å². The molecule has 0 fully saturated rings. The van der Waals surface area contributed by atoms with Crippen LogP contribution in [0.4, 0.5) is 0 Å². The number of methoxy groups -OCH3 is 1. The molecule has 1 atom stereocenters. The van der Waals surface area contributed by atoms with Gasteiger partial charge in [0.15, 0.2) is 0 Å². The van der Waals surface area contributed by atoms with Crippen LogP contribution in [0.2, 0.25) is 0 Å². The third kappa shape index (κ3) is 3.15. The highest BCUT2D eigenvalue weighted by Gasteiger charge is 2.06. The second-order valence-corrected chi connectivity index (χ2v) is 4.60. The first-order valence-corrected chi connectivity index (χ1v) is 6.70. The first-order chi connectivity index (χ1) is 9.28. The maximum atomic E-state index is 5.26. The molecule has 0 amide bonds. The van der Waals surface area contributed by atoms with Crippen molar-refractivity contribution in [1.29, 1.82) is 0 Å². The molecule has 0 aliphatic heterocycles. The van der Waals surface area contributed by atoms with E-state index in [1.165, 1.54) is 16.7 Å². The lowest BCUT2D eigenvalue weighted by molar-refractivity contribution is 0.415. The first kappa shape index (κ1) is 13.6. The molecule has 0 bridgehead atoms. The van der Waals surface area contributed by atoms with Crippen molar-refractivity contribution in [3.63, 3.8) is 0 Å². The molecule has 1 N–H and O–H groups in total. The lowest BCUT2D eigenvalue weighted by Gasteiger charge is -2.14. The quantitative estimate of drug-likeness (QED) is 0.871. The Morgan fingerprint density at radius 3 is 2.37 bits per heavy atom. The largest absolute Gasteiger partial charge is 0.497 e. The molecule has 0 spiro atoms. The highest BCUT2D eigenvalue weighted by molar-refractivity contribution is 5.65. The van der Waals surface area contributed by atoms with Crippen molar-refractivity contribution in [2.24, 2.45) is 0 Å². The Kier molecular flexibility index (Phi) is 4.58. The van der Waals surface area contributed by atoms with E-state index < -0.39 is 0 Å². The first-order valence-electron chi connectivity index (χ1n) is 6.70. The predicted molar refractivity (Wildman–Crippen MR) is 80.5 cm³/mol. The van der Waals surface area contributed by atoms with Crippen LogP contribution in [0, 0.1) is 0 Å². The Morgan fingerprint density at radius 2 is 1.79 bits per heavy atom. The molecule has 2 rings (SSSR count). The van der Waals surface area contributed by atoms with E-state index in [1.54, 1.807) is 7.11 Å². The molecule has 0 aliphatic rings. The van der Waals surface area contributed by atoms with Gasteiger partial charge < -0.3 is 10.1 Å². The lowest BCUT2D eigenvalue weighted by Crippen LogP contribution is -2.14. The van der Waals surface area contributed by atoms with Gasteiger partial charge in [0.1, 0.15) is 5.75 Å². The van der Waals surface area contributed by atoms with Gasteiger partial charge in [0.25, 0.3) is 0 Å².